The van der Waals surface area contributed by atoms with Gasteiger partial charge < -0.3 is 10.2 Å². The normalized spacial score (nSPS) is 23.0. The fraction of sp³-hybridized carbons (Fsp3) is 0.929. The molecule has 98 valence electrons. The summed E-state index contributed by atoms with van der Waals surface area (Å²) in [4.78, 5) is 14.2. The molecule has 0 aromatic rings. The molecule has 0 bridgehead atoms. The average Bonchev–Trinajstić information content (AvgIpc) is 3.14. The summed E-state index contributed by atoms with van der Waals surface area (Å²) >= 11 is 0. The van der Waals surface area contributed by atoms with Crippen molar-refractivity contribution in [2.24, 2.45) is 5.92 Å². The zero-order valence-corrected chi connectivity index (χ0v) is 11.1. The molecule has 3 nitrogen and oxygen atoms in total. The lowest BCUT2D eigenvalue weighted by atomic mass is 10.1. The maximum atomic E-state index is 12.1. The molecule has 1 aliphatic heterocycles. The fourth-order valence-corrected chi connectivity index (χ4v) is 2.62. The lowest BCUT2D eigenvalue weighted by molar-refractivity contribution is 0.194. The Morgan fingerprint density at radius 1 is 1.24 bits per heavy atom. The summed E-state index contributed by atoms with van der Waals surface area (Å²) in [7, 11) is 0. The quantitative estimate of drug-likeness (QED) is 0.801. The van der Waals surface area contributed by atoms with Crippen molar-refractivity contribution in [3.05, 3.63) is 0 Å². The van der Waals surface area contributed by atoms with E-state index in [9.17, 15) is 4.79 Å². The molecule has 1 atom stereocenters. The van der Waals surface area contributed by atoms with E-state index in [1.165, 1.54) is 44.9 Å². The lowest BCUT2D eigenvalue weighted by Gasteiger charge is -2.25. The fourth-order valence-electron chi connectivity index (χ4n) is 2.62. The van der Waals surface area contributed by atoms with Crippen molar-refractivity contribution >= 4 is 6.03 Å². The zero-order chi connectivity index (χ0) is 12.1. The summed E-state index contributed by atoms with van der Waals surface area (Å²) in [5, 5.41) is 3.22. The molecule has 1 heterocycles. The second-order valence-electron chi connectivity index (χ2n) is 5.64. The van der Waals surface area contributed by atoms with E-state index < -0.39 is 0 Å². The summed E-state index contributed by atoms with van der Waals surface area (Å²) in [6, 6.07) is 0.581. The minimum Gasteiger partial charge on any atom is -0.335 e. The highest BCUT2D eigenvalue weighted by molar-refractivity contribution is 5.74. The Morgan fingerprint density at radius 3 is 2.41 bits per heavy atom. The van der Waals surface area contributed by atoms with Crippen LogP contribution in [0.2, 0.25) is 0 Å². The van der Waals surface area contributed by atoms with Crippen LogP contribution < -0.4 is 5.32 Å². The van der Waals surface area contributed by atoms with Crippen LogP contribution in [0.25, 0.3) is 0 Å². The molecule has 1 N–H and O–H groups in total. The predicted octanol–water partition coefficient (Wildman–Crippen LogP) is 3.15. The van der Waals surface area contributed by atoms with Crippen molar-refractivity contribution in [3.8, 4) is 0 Å². The van der Waals surface area contributed by atoms with Gasteiger partial charge in [0, 0.05) is 19.1 Å². The Bertz CT molecular complexity index is 243. The number of likely N-dealkylation sites (tertiary alicyclic amines) is 1. The standard InChI is InChI=1S/C14H26N2O/c1-2-13(11-12-7-8-12)15-14(17)16-9-5-3-4-6-10-16/h12-13H,2-11H2,1H3,(H,15,17). The number of hydrogen-bond donors (Lipinski definition) is 1. The van der Waals surface area contributed by atoms with Gasteiger partial charge in [0.15, 0.2) is 0 Å². The monoisotopic (exact) mass is 238 g/mol. The van der Waals surface area contributed by atoms with Crippen LogP contribution in [0.4, 0.5) is 4.79 Å². The Labute approximate surface area is 105 Å². The summed E-state index contributed by atoms with van der Waals surface area (Å²) in [6.07, 6.45) is 9.91. The molecular weight excluding hydrogens is 212 g/mol. The Hall–Kier alpha value is -0.730. The Morgan fingerprint density at radius 2 is 1.88 bits per heavy atom. The molecule has 0 radical (unpaired) electrons. The number of carbonyl (C=O) groups excluding carboxylic acids is 1. The minimum absolute atomic E-state index is 0.180. The molecule has 1 unspecified atom stereocenters. The summed E-state index contributed by atoms with van der Waals surface area (Å²) in [5.74, 6) is 0.893. The summed E-state index contributed by atoms with van der Waals surface area (Å²) in [6.45, 7) is 4.08. The Balaban J connectivity index is 1.76. The van der Waals surface area contributed by atoms with E-state index >= 15 is 0 Å². The van der Waals surface area contributed by atoms with Crippen molar-refractivity contribution in [1.29, 1.82) is 0 Å². The van der Waals surface area contributed by atoms with Gasteiger partial charge in [-0.3, -0.25) is 0 Å². The largest absolute Gasteiger partial charge is 0.335 e. The van der Waals surface area contributed by atoms with Crippen molar-refractivity contribution in [2.75, 3.05) is 13.1 Å². The van der Waals surface area contributed by atoms with Crippen LogP contribution in [0.15, 0.2) is 0 Å². The first-order valence-electron chi connectivity index (χ1n) is 7.35. The first-order valence-corrected chi connectivity index (χ1v) is 7.35. The first-order chi connectivity index (χ1) is 8.29. The molecule has 0 aromatic heterocycles. The predicted molar refractivity (Wildman–Crippen MR) is 70.0 cm³/mol. The van der Waals surface area contributed by atoms with Crippen LogP contribution >= 0.6 is 0 Å². The third kappa shape index (κ3) is 4.21. The molecule has 2 fully saturated rings. The molecule has 17 heavy (non-hydrogen) atoms. The topological polar surface area (TPSA) is 32.3 Å². The molecule has 2 aliphatic rings. The van der Waals surface area contributed by atoms with Crippen LogP contribution in [-0.2, 0) is 0 Å². The second-order valence-corrected chi connectivity index (χ2v) is 5.64. The molecule has 1 saturated carbocycles. The minimum atomic E-state index is 0.180. The number of urea groups is 1. The smallest absolute Gasteiger partial charge is 0.317 e. The van der Waals surface area contributed by atoms with Crippen molar-refractivity contribution in [3.63, 3.8) is 0 Å². The molecule has 3 heteroatoms. The number of rotatable bonds is 4. The van der Waals surface area contributed by atoms with E-state index in [-0.39, 0.29) is 6.03 Å². The first kappa shape index (κ1) is 12.7. The number of carbonyl (C=O) groups is 1. The van der Waals surface area contributed by atoms with Gasteiger partial charge in [0.25, 0.3) is 0 Å². The summed E-state index contributed by atoms with van der Waals surface area (Å²) in [5.41, 5.74) is 0. The van der Waals surface area contributed by atoms with Crippen LogP contribution in [0.1, 0.15) is 58.3 Å². The maximum Gasteiger partial charge on any atom is 0.317 e. The van der Waals surface area contributed by atoms with Gasteiger partial charge >= 0.3 is 6.03 Å². The zero-order valence-electron chi connectivity index (χ0n) is 11.1. The van der Waals surface area contributed by atoms with E-state index in [1.54, 1.807) is 0 Å². The van der Waals surface area contributed by atoms with E-state index in [4.69, 9.17) is 0 Å². The SMILES string of the molecule is CCC(CC1CC1)NC(=O)N1CCCCCC1. The van der Waals surface area contributed by atoms with E-state index in [0.717, 1.165) is 25.4 Å². The number of nitrogens with one attached hydrogen (secondary N) is 1. The van der Waals surface area contributed by atoms with E-state index in [2.05, 4.69) is 12.2 Å². The highest BCUT2D eigenvalue weighted by atomic mass is 16.2. The average molecular weight is 238 g/mol. The highest BCUT2D eigenvalue weighted by Gasteiger charge is 2.26. The molecule has 2 amide bonds. The van der Waals surface area contributed by atoms with Gasteiger partial charge in [0.05, 0.1) is 0 Å². The molecular formula is C14H26N2O. The van der Waals surface area contributed by atoms with Crippen molar-refractivity contribution < 1.29 is 4.79 Å². The van der Waals surface area contributed by atoms with Gasteiger partial charge in [-0.05, 0) is 31.6 Å². The molecule has 1 aliphatic carbocycles. The maximum absolute atomic E-state index is 12.1. The second kappa shape index (κ2) is 6.27. The van der Waals surface area contributed by atoms with Gasteiger partial charge in [-0.1, -0.05) is 32.6 Å². The van der Waals surface area contributed by atoms with Gasteiger partial charge in [0.2, 0.25) is 0 Å². The van der Waals surface area contributed by atoms with Crippen molar-refractivity contribution in [2.45, 2.75) is 64.3 Å². The van der Waals surface area contributed by atoms with Gasteiger partial charge in [0.1, 0.15) is 0 Å². The van der Waals surface area contributed by atoms with Crippen LogP contribution in [0, 0.1) is 5.92 Å². The van der Waals surface area contributed by atoms with Gasteiger partial charge in [-0.15, -0.1) is 0 Å². The summed E-state index contributed by atoms with van der Waals surface area (Å²) < 4.78 is 0. The number of nitrogens with zero attached hydrogens (tertiary/aromatic N) is 1. The molecule has 0 spiro atoms. The van der Waals surface area contributed by atoms with Gasteiger partial charge in [-0.2, -0.15) is 0 Å². The van der Waals surface area contributed by atoms with Crippen molar-refractivity contribution in [1.82, 2.24) is 10.2 Å². The highest BCUT2D eigenvalue weighted by Crippen LogP contribution is 2.34. The van der Waals surface area contributed by atoms with Crippen LogP contribution in [0.5, 0.6) is 0 Å². The number of hydrogen-bond acceptors (Lipinski definition) is 1. The lowest BCUT2D eigenvalue weighted by Crippen LogP contribution is -2.45. The Kier molecular flexibility index (Phi) is 4.69. The van der Waals surface area contributed by atoms with Gasteiger partial charge in [-0.25, -0.2) is 4.79 Å². The molecule has 1 saturated heterocycles. The van der Waals surface area contributed by atoms with E-state index in [0.29, 0.717) is 6.04 Å². The third-order valence-corrected chi connectivity index (χ3v) is 4.03. The van der Waals surface area contributed by atoms with Crippen LogP contribution in [-0.4, -0.2) is 30.1 Å². The third-order valence-electron chi connectivity index (χ3n) is 4.03. The van der Waals surface area contributed by atoms with Crippen LogP contribution in [0.3, 0.4) is 0 Å². The molecule has 2 rings (SSSR count). The molecule has 0 aromatic carbocycles. The number of amides is 2. The van der Waals surface area contributed by atoms with E-state index in [1.807, 2.05) is 4.90 Å².